The Morgan fingerprint density at radius 2 is 1.57 bits per heavy atom. The summed E-state index contributed by atoms with van der Waals surface area (Å²) in [5.41, 5.74) is 0.477. The van der Waals surface area contributed by atoms with Crippen molar-refractivity contribution in [2.75, 3.05) is 39.6 Å². The van der Waals surface area contributed by atoms with Gasteiger partial charge in [-0.2, -0.15) is 0 Å². The molecule has 0 spiro atoms. The van der Waals surface area contributed by atoms with Crippen molar-refractivity contribution in [2.24, 2.45) is 0 Å². The van der Waals surface area contributed by atoms with Crippen molar-refractivity contribution >= 4 is 12.3 Å². The SMILES string of the molecule is O=Cc1ccc(OC(=O)C2=COCCOCCOCCOC3C=CC=CC3O2)cc1. The predicted molar refractivity (Wildman–Crippen MR) is 106 cm³/mol. The highest BCUT2D eigenvalue weighted by Crippen LogP contribution is 2.19. The minimum absolute atomic E-state index is 0.112. The second-order valence-electron chi connectivity index (χ2n) is 6.34. The molecule has 1 heterocycles. The fourth-order valence-corrected chi connectivity index (χ4v) is 2.67. The molecule has 0 N–H and O–H groups in total. The number of fused-ring (bicyclic) bond motifs is 1. The second-order valence-corrected chi connectivity index (χ2v) is 6.34. The quantitative estimate of drug-likeness (QED) is 0.421. The van der Waals surface area contributed by atoms with Gasteiger partial charge in [0.15, 0.2) is 0 Å². The molecule has 1 aliphatic carbocycles. The zero-order valence-electron chi connectivity index (χ0n) is 16.4. The van der Waals surface area contributed by atoms with Crippen molar-refractivity contribution < 1.29 is 38.0 Å². The number of allylic oxidation sites excluding steroid dienone is 2. The molecule has 1 aromatic carbocycles. The molecule has 0 saturated heterocycles. The van der Waals surface area contributed by atoms with E-state index in [0.717, 1.165) is 0 Å². The molecule has 0 saturated carbocycles. The smallest absolute Gasteiger partial charge is 0.382 e. The summed E-state index contributed by atoms with van der Waals surface area (Å²) in [6.07, 6.45) is 8.26. The average Bonchev–Trinajstić information content (AvgIpc) is 2.78. The minimum Gasteiger partial charge on any atom is -0.495 e. The second kappa shape index (κ2) is 11.9. The third-order valence-electron chi connectivity index (χ3n) is 4.17. The van der Waals surface area contributed by atoms with Gasteiger partial charge in [0.2, 0.25) is 5.76 Å². The number of aldehydes is 1. The van der Waals surface area contributed by atoms with E-state index in [4.69, 9.17) is 28.4 Å². The maximum atomic E-state index is 12.7. The van der Waals surface area contributed by atoms with E-state index in [1.54, 1.807) is 18.2 Å². The summed E-state index contributed by atoms with van der Waals surface area (Å²) in [5, 5.41) is 0. The monoisotopic (exact) mass is 416 g/mol. The molecule has 1 aromatic rings. The predicted octanol–water partition coefficient (Wildman–Crippen LogP) is 2.21. The first-order valence-electron chi connectivity index (χ1n) is 9.64. The van der Waals surface area contributed by atoms with Crippen LogP contribution in [0.1, 0.15) is 10.4 Å². The summed E-state index contributed by atoms with van der Waals surface area (Å²) >= 11 is 0. The minimum atomic E-state index is -0.732. The molecule has 0 bridgehead atoms. The summed E-state index contributed by atoms with van der Waals surface area (Å²) < 4.78 is 33.3. The molecule has 2 atom stereocenters. The van der Waals surface area contributed by atoms with Crippen LogP contribution < -0.4 is 4.74 Å². The van der Waals surface area contributed by atoms with E-state index in [1.807, 2.05) is 18.2 Å². The third-order valence-corrected chi connectivity index (χ3v) is 4.17. The number of rotatable bonds is 3. The number of hydrogen-bond acceptors (Lipinski definition) is 8. The first-order chi connectivity index (χ1) is 14.8. The number of hydrogen-bond donors (Lipinski definition) is 0. The van der Waals surface area contributed by atoms with Crippen molar-refractivity contribution in [3.05, 3.63) is 66.2 Å². The summed E-state index contributed by atoms with van der Waals surface area (Å²) in [4.78, 5) is 23.5. The molecule has 1 aliphatic heterocycles. The summed E-state index contributed by atoms with van der Waals surface area (Å²) in [7, 11) is 0. The molecule has 0 fully saturated rings. The van der Waals surface area contributed by atoms with Crippen LogP contribution in [0.15, 0.2) is 60.6 Å². The molecule has 0 aromatic heterocycles. The number of benzene rings is 1. The summed E-state index contributed by atoms with van der Waals surface area (Å²) in [6, 6.07) is 6.16. The van der Waals surface area contributed by atoms with Gasteiger partial charge in [-0.15, -0.1) is 0 Å². The van der Waals surface area contributed by atoms with Crippen LogP contribution in [0.4, 0.5) is 0 Å². The molecular weight excluding hydrogens is 392 g/mol. The Morgan fingerprint density at radius 1 is 0.900 bits per heavy atom. The number of esters is 1. The van der Waals surface area contributed by atoms with Gasteiger partial charge < -0.3 is 28.4 Å². The lowest BCUT2D eigenvalue weighted by atomic mass is 10.1. The van der Waals surface area contributed by atoms with Crippen molar-refractivity contribution in [3.8, 4) is 5.75 Å². The van der Waals surface area contributed by atoms with E-state index >= 15 is 0 Å². The molecule has 8 heteroatoms. The number of carbonyl (C=O) groups is 2. The van der Waals surface area contributed by atoms with Gasteiger partial charge in [0.1, 0.15) is 37.1 Å². The summed E-state index contributed by atoms with van der Waals surface area (Å²) in [5.74, 6) is -0.568. The molecule has 0 amide bonds. The van der Waals surface area contributed by atoms with Gasteiger partial charge in [-0.3, -0.25) is 4.79 Å². The van der Waals surface area contributed by atoms with Gasteiger partial charge >= 0.3 is 5.97 Å². The molecule has 160 valence electrons. The van der Waals surface area contributed by atoms with Crippen molar-refractivity contribution in [2.45, 2.75) is 12.2 Å². The van der Waals surface area contributed by atoms with Crippen LogP contribution in [-0.2, 0) is 28.5 Å². The van der Waals surface area contributed by atoms with Gasteiger partial charge in [-0.25, -0.2) is 4.79 Å². The topological polar surface area (TPSA) is 89.5 Å². The van der Waals surface area contributed by atoms with Gasteiger partial charge in [0.05, 0.1) is 33.0 Å². The van der Waals surface area contributed by atoms with Gasteiger partial charge in [-0.1, -0.05) is 18.2 Å². The Bertz CT molecular complexity index is 781. The Balaban J connectivity index is 1.71. The summed E-state index contributed by atoms with van der Waals surface area (Å²) in [6.45, 7) is 2.24. The van der Waals surface area contributed by atoms with Crippen LogP contribution in [0.2, 0.25) is 0 Å². The lowest BCUT2D eigenvalue weighted by molar-refractivity contribution is -0.136. The zero-order chi connectivity index (χ0) is 21.0. The Kier molecular flexibility index (Phi) is 8.64. The number of carbonyl (C=O) groups excluding carboxylic acids is 2. The maximum absolute atomic E-state index is 12.7. The van der Waals surface area contributed by atoms with Crippen molar-refractivity contribution in [3.63, 3.8) is 0 Å². The van der Waals surface area contributed by atoms with Crippen LogP contribution >= 0.6 is 0 Å². The molecular formula is C22H24O8. The first-order valence-corrected chi connectivity index (χ1v) is 9.64. The fourth-order valence-electron chi connectivity index (χ4n) is 2.67. The standard InChI is InChI=1S/C22H24O8/c23-15-17-5-7-18(8-6-17)29-22(24)21-16-27-12-11-25-9-10-26-13-14-28-19-3-1-2-4-20(19)30-21/h1-8,15-16,19-20H,9-14H2. The maximum Gasteiger partial charge on any atom is 0.382 e. The van der Waals surface area contributed by atoms with E-state index in [-0.39, 0.29) is 18.1 Å². The van der Waals surface area contributed by atoms with Crippen molar-refractivity contribution in [1.82, 2.24) is 0 Å². The van der Waals surface area contributed by atoms with Gasteiger partial charge in [-0.05, 0) is 30.3 Å². The van der Waals surface area contributed by atoms with Crippen molar-refractivity contribution in [1.29, 1.82) is 0 Å². The van der Waals surface area contributed by atoms with E-state index in [1.165, 1.54) is 18.4 Å². The van der Waals surface area contributed by atoms with Gasteiger partial charge in [0, 0.05) is 5.56 Å². The molecule has 0 radical (unpaired) electrons. The Hall–Kier alpha value is -2.94. The first kappa shape index (κ1) is 21.8. The fraction of sp³-hybridized carbons (Fsp3) is 0.364. The van der Waals surface area contributed by atoms with E-state index < -0.39 is 18.2 Å². The molecule has 2 unspecified atom stereocenters. The lowest BCUT2D eigenvalue weighted by Crippen LogP contribution is -2.32. The molecule has 3 rings (SSSR count). The van der Waals surface area contributed by atoms with Gasteiger partial charge in [0.25, 0.3) is 0 Å². The highest BCUT2D eigenvalue weighted by Gasteiger charge is 2.26. The Morgan fingerprint density at radius 3 is 2.30 bits per heavy atom. The molecule has 8 nitrogen and oxygen atoms in total. The number of ether oxygens (including phenoxy) is 6. The highest BCUT2D eigenvalue weighted by molar-refractivity contribution is 5.88. The van der Waals surface area contributed by atoms with Crippen LogP contribution in [0.5, 0.6) is 5.75 Å². The van der Waals surface area contributed by atoms with E-state index in [2.05, 4.69) is 0 Å². The van der Waals surface area contributed by atoms with Crippen LogP contribution in [-0.4, -0.2) is 64.1 Å². The zero-order valence-corrected chi connectivity index (χ0v) is 16.4. The van der Waals surface area contributed by atoms with E-state index in [9.17, 15) is 9.59 Å². The van der Waals surface area contributed by atoms with Crippen LogP contribution in [0, 0.1) is 0 Å². The average molecular weight is 416 g/mol. The Labute approximate surface area is 174 Å². The highest BCUT2D eigenvalue weighted by atomic mass is 16.6. The van der Waals surface area contributed by atoms with Crippen LogP contribution in [0.3, 0.4) is 0 Å². The third kappa shape index (κ3) is 6.84. The lowest BCUT2D eigenvalue weighted by Gasteiger charge is -2.25. The van der Waals surface area contributed by atoms with E-state index in [0.29, 0.717) is 44.9 Å². The normalized spacial score (nSPS) is 22.9. The molecule has 30 heavy (non-hydrogen) atoms. The largest absolute Gasteiger partial charge is 0.495 e. The molecule has 2 aliphatic rings. The van der Waals surface area contributed by atoms with Crippen LogP contribution in [0.25, 0.3) is 0 Å².